The number of rotatable bonds is 8. The maximum Gasteiger partial charge on any atom is 0.137 e. The average molecular weight is 613 g/mol. The number of hydrogen-bond acceptors (Lipinski definition) is 4. The van der Waals surface area contributed by atoms with Gasteiger partial charge in [-0.25, -0.2) is 9.97 Å². The van der Waals surface area contributed by atoms with Gasteiger partial charge in [0.2, 0.25) is 0 Å². The lowest BCUT2D eigenvalue weighted by molar-refractivity contribution is 0.776. The second kappa shape index (κ2) is 12.4. The molecule has 0 N–H and O–H groups in total. The molecular formula is C43H40N4. The molecule has 47 heavy (non-hydrogen) atoms. The van der Waals surface area contributed by atoms with Crippen molar-refractivity contribution >= 4 is 50.3 Å². The van der Waals surface area contributed by atoms with E-state index >= 15 is 0 Å². The van der Waals surface area contributed by atoms with Gasteiger partial charge in [0.1, 0.15) is 11.6 Å². The van der Waals surface area contributed by atoms with Gasteiger partial charge in [-0.05, 0) is 109 Å². The highest BCUT2D eigenvalue weighted by Crippen LogP contribution is 2.44. The first-order valence-electron chi connectivity index (χ1n) is 16.3. The van der Waals surface area contributed by atoms with E-state index in [0.717, 1.165) is 51.8 Å². The van der Waals surface area contributed by atoms with Gasteiger partial charge in [0.25, 0.3) is 0 Å². The molecule has 0 amide bonds. The minimum absolute atomic E-state index is 0.330. The van der Waals surface area contributed by atoms with Crippen LogP contribution in [0.25, 0.3) is 27.2 Å². The van der Waals surface area contributed by atoms with Gasteiger partial charge < -0.3 is 0 Å². The van der Waals surface area contributed by atoms with E-state index in [4.69, 9.17) is 9.97 Å². The number of hydrogen-bond donors (Lipinski definition) is 0. The summed E-state index contributed by atoms with van der Waals surface area (Å²) < 4.78 is 0. The van der Waals surface area contributed by atoms with Crippen LogP contribution >= 0.6 is 0 Å². The molecule has 1 unspecified atom stereocenters. The zero-order valence-electron chi connectivity index (χ0n) is 27.8. The summed E-state index contributed by atoms with van der Waals surface area (Å²) in [6.45, 7) is 14.7. The Kier molecular flexibility index (Phi) is 7.95. The van der Waals surface area contributed by atoms with Crippen LogP contribution in [0, 0.1) is 13.8 Å². The second-order valence-electron chi connectivity index (χ2n) is 12.8. The van der Waals surface area contributed by atoms with Gasteiger partial charge in [0, 0.05) is 40.1 Å². The predicted octanol–water partition coefficient (Wildman–Crippen LogP) is 10.7. The fourth-order valence-corrected chi connectivity index (χ4v) is 6.84. The second-order valence-corrected chi connectivity index (χ2v) is 12.8. The van der Waals surface area contributed by atoms with Crippen LogP contribution in [-0.4, -0.2) is 9.97 Å². The quantitative estimate of drug-likeness (QED) is 0.160. The molecule has 2 heterocycles. The summed E-state index contributed by atoms with van der Waals surface area (Å²) in [4.78, 5) is 14.4. The lowest BCUT2D eigenvalue weighted by Crippen LogP contribution is -2.28. The van der Waals surface area contributed by atoms with Crippen molar-refractivity contribution in [3.63, 3.8) is 0 Å². The molecule has 7 rings (SSSR count). The van der Waals surface area contributed by atoms with Gasteiger partial charge in [-0.3, -0.25) is 9.80 Å². The molecule has 6 aromatic rings. The third-order valence-corrected chi connectivity index (χ3v) is 9.11. The van der Waals surface area contributed by atoms with Crippen LogP contribution in [0.3, 0.4) is 0 Å². The number of allylic oxidation sites excluding steroid dienone is 5. The van der Waals surface area contributed by atoms with Crippen molar-refractivity contribution < 1.29 is 0 Å². The van der Waals surface area contributed by atoms with Crippen molar-refractivity contribution in [3.05, 3.63) is 161 Å². The number of pyridine rings is 2. The molecule has 1 atom stereocenters. The highest BCUT2D eigenvalue weighted by atomic mass is 15.2. The summed E-state index contributed by atoms with van der Waals surface area (Å²) in [5.74, 6) is 2.15. The average Bonchev–Trinajstić information content (AvgIpc) is 3.07. The van der Waals surface area contributed by atoms with Gasteiger partial charge in [-0.1, -0.05) is 91.9 Å². The topological polar surface area (TPSA) is 32.3 Å². The fraction of sp³-hybridized carbons (Fsp3) is 0.163. The van der Waals surface area contributed by atoms with E-state index in [1.54, 1.807) is 0 Å². The molecule has 4 nitrogen and oxygen atoms in total. The van der Waals surface area contributed by atoms with E-state index in [9.17, 15) is 0 Å². The predicted molar refractivity (Wildman–Crippen MR) is 199 cm³/mol. The summed E-state index contributed by atoms with van der Waals surface area (Å²) in [5.41, 5.74) is 9.24. The molecular weight excluding hydrogens is 573 g/mol. The first-order valence-corrected chi connectivity index (χ1v) is 16.3. The summed E-state index contributed by atoms with van der Waals surface area (Å²) in [6, 6.07) is 32.9. The van der Waals surface area contributed by atoms with Crippen LogP contribution < -0.4 is 15.0 Å². The normalized spacial score (nSPS) is 14.7. The first-order chi connectivity index (χ1) is 22.8. The summed E-state index contributed by atoms with van der Waals surface area (Å²) in [6.07, 6.45) is 11.0. The van der Waals surface area contributed by atoms with Crippen molar-refractivity contribution in [2.24, 2.45) is 0 Å². The van der Waals surface area contributed by atoms with Crippen LogP contribution in [0.15, 0.2) is 139 Å². The minimum atomic E-state index is 0.330. The minimum Gasteiger partial charge on any atom is -0.299 e. The Hall–Kier alpha value is -5.48. The SMILES string of the molecule is C=C(C)/C=C\C=C(/C)N(c1ccc(C)cn1)c1ccc2ccc3c4c(ccc1c24)C(C)CC=3N(c1ccccc1)c1ccc(C)cn1. The van der Waals surface area contributed by atoms with Gasteiger partial charge in [-0.2, -0.15) is 0 Å². The molecule has 232 valence electrons. The highest BCUT2D eigenvalue weighted by molar-refractivity contribution is 6.17. The Morgan fingerprint density at radius 3 is 2.17 bits per heavy atom. The molecule has 2 aromatic heterocycles. The first kappa shape index (κ1) is 30.2. The highest BCUT2D eigenvalue weighted by Gasteiger charge is 2.27. The molecule has 0 radical (unpaired) electrons. The summed E-state index contributed by atoms with van der Waals surface area (Å²) in [7, 11) is 0. The molecule has 0 spiro atoms. The van der Waals surface area contributed by atoms with E-state index in [2.05, 4.69) is 147 Å². The van der Waals surface area contributed by atoms with Crippen LogP contribution in [0.4, 0.5) is 23.0 Å². The Morgan fingerprint density at radius 2 is 1.49 bits per heavy atom. The fourth-order valence-electron chi connectivity index (χ4n) is 6.84. The number of para-hydroxylation sites is 1. The van der Waals surface area contributed by atoms with Gasteiger partial charge >= 0.3 is 0 Å². The van der Waals surface area contributed by atoms with E-state index in [-0.39, 0.29) is 0 Å². The Bertz CT molecular complexity index is 2230. The molecule has 1 aliphatic rings. The Labute approximate surface area is 277 Å². The monoisotopic (exact) mass is 612 g/mol. The maximum atomic E-state index is 4.93. The molecule has 4 heteroatoms. The number of anilines is 4. The van der Waals surface area contributed by atoms with E-state index in [0.29, 0.717) is 5.92 Å². The van der Waals surface area contributed by atoms with Crippen LogP contribution in [-0.2, 0) is 0 Å². The smallest absolute Gasteiger partial charge is 0.137 e. The van der Waals surface area contributed by atoms with Gasteiger partial charge in [-0.15, -0.1) is 0 Å². The molecule has 0 bridgehead atoms. The number of aromatic nitrogens is 2. The molecule has 1 aliphatic carbocycles. The third kappa shape index (κ3) is 5.61. The molecule has 0 fully saturated rings. The number of nitrogens with zero attached hydrogens (tertiary/aromatic N) is 4. The largest absolute Gasteiger partial charge is 0.299 e. The Morgan fingerprint density at radius 1 is 0.787 bits per heavy atom. The third-order valence-electron chi connectivity index (χ3n) is 9.11. The lowest BCUT2D eigenvalue weighted by atomic mass is 9.82. The molecule has 0 saturated heterocycles. The van der Waals surface area contributed by atoms with Gasteiger partial charge in [0.15, 0.2) is 0 Å². The van der Waals surface area contributed by atoms with Crippen LogP contribution in [0.1, 0.15) is 49.8 Å². The summed E-state index contributed by atoms with van der Waals surface area (Å²) >= 11 is 0. The van der Waals surface area contributed by atoms with Gasteiger partial charge in [0.05, 0.1) is 5.69 Å². The van der Waals surface area contributed by atoms with E-state index in [1.807, 2.05) is 25.4 Å². The van der Waals surface area contributed by atoms with Crippen molar-refractivity contribution in [2.75, 3.05) is 9.80 Å². The lowest BCUT2D eigenvalue weighted by Gasteiger charge is -2.33. The van der Waals surface area contributed by atoms with Crippen molar-refractivity contribution in [1.82, 2.24) is 9.97 Å². The molecule has 0 saturated carbocycles. The number of aryl methyl sites for hydroxylation is 2. The van der Waals surface area contributed by atoms with E-state index in [1.165, 1.54) is 38.0 Å². The molecule has 4 aromatic carbocycles. The summed E-state index contributed by atoms with van der Waals surface area (Å²) in [5, 5.41) is 6.31. The van der Waals surface area contributed by atoms with Crippen molar-refractivity contribution in [2.45, 2.75) is 47.0 Å². The van der Waals surface area contributed by atoms with Crippen LogP contribution in [0.2, 0.25) is 0 Å². The standard InChI is InChI=1S/C43H40N4/c1-28(2)11-10-12-32(6)46(40-23-15-29(3)26-44-40)38-22-18-33-17-19-37-39(25-31(5)35-20-21-36(38)42(33)43(35)37)47(34-13-8-7-9-14-34)41-24-16-30(4)27-45-41/h7-24,26-27,31H,1,25H2,2-6H3/b11-10-,32-12+. The zero-order valence-corrected chi connectivity index (χ0v) is 27.8. The zero-order chi connectivity index (χ0) is 32.7. The van der Waals surface area contributed by atoms with Crippen LogP contribution in [0.5, 0.6) is 0 Å². The molecule has 0 aliphatic heterocycles. The number of benzene rings is 4. The Balaban J connectivity index is 1.52. The maximum absolute atomic E-state index is 4.93. The van der Waals surface area contributed by atoms with Crippen molar-refractivity contribution in [1.29, 1.82) is 0 Å². The van der Waals surface area contributed by atoms with Crippen molar-refractivity contribution in [3.8, 4) is 0 Å². The van der Waals surface area contributed by atoms with E-state index < -0.39 is 0 Å².